The summed E-state index contributed by atoms with van der Waals surface area (Å²) in [4.78, 5) is 15.2. The number of carbonyl (C=O) groups is 1. The van der Waals surface area contributed by atoms with Crippen molar-refractivity contribution in [3.63, 3.8) is 0 Å². The Balaban J connectivity index is 4.58. The predicted molar refractivity (Wildman–Crippen MR) is 61.8 cm³/mol. The number of hydrogen-bond acceptors (Lipinski definition) is 4. The number of carbonyl (C=O) groups excluding carboxylic acids is 1. The number of esters is 1. The summed E-state index contributed by atoms with van der Waals surface area (Å²) in [7, 11) is 1.29. The van der Waals surface area contributed by atoms with Gasteiger partial charge in [0.05, 0.1) is 19.4 Å². The van der Waals surface area contributed by atoms with Crippen molar-refractivity contribution < 1.29 is 9.53 Å². The molecule has 0 aliphatic heterocycles. The van der Waals surface area contributed by atoms with E-state index in [1.54, 1.807) is 0 Å². The van der Waals surface area contributed by atoms with Gasteiger partial charge in [0.2, 0.25) is 0 Å². The van der Waals surface area contributed by atoms with Gasteiger partial charge in [-0.15, -0.1) is 0 Å². The highest BCUT2D eigenvalue weighted by Crippen LogP contribution is 1.97. The van der Waals surface area contributed by atoms with Gasteiger partial charge in [-0.2, -0.15) is 0 Å². The van der Waals surface area contributed by atoms with Crippen LogP contribution in [0.4, 0.5) is 0 Å². The molecule has 0 unspecified atom stereocenters. The van der Waals surface area contributed by atoms with E-state index in [9.17, 15) is 4.79 Å². The van der Waals surface area contributed by atoms with Crippen molar-refractivity contribution in [3.05, 3.63) is 11.6 Å². The molecule has 0 heterocycles. The highest BCUT2D eigenvalue weighted by atomic mass is 16.5. The Labute approximate surface area is 90.6 Å². The van der Waals surface area contributed by atoms with Crippen molar-refractivity contribution in [1.82, 2.24) is 0 Å². The maximum absolute atomic E-state index is 11.2. The molecule has 0 aromatic carbocycles. The standard InChI is InChI=1S/C11H18N2O2/c1-5-8(2)6-7-13-10(9(3)12)11(14)15-4/h6,12H,5,7H2,1-4H3. The topological polar surface area (TPSA) is 62.5 Å². The van der Waals surface area contributed by atoms with Crippen molar-refractivity contribution in [2.45, 2.75) is 27.2 Å². The van der Waals surface area contributed by atoms with Gasteiger partial charge < -0.3 is 10.1 Å². The molecule has 0 aliphatic carbocycles. The molecule has 0 saturated heterocycles. The number of nitrogens with zero attached hydrogens (tertiary/aromatic N) is 1. The predicted octanol–water partition coefficient (Wildman–Crippen LogP) is 2.00. The molecule has 15 heavy (non-hydrogen) atoms. The number of hydrogen-bond donors (Lipinski definition) is 1. The summed E-state index contributed by atoms with van der Waals surface area (Å²) in [5.41, 5.74) is 1.44. The summed E-state index contributed by atoms with van der Waals surface area (Å²) < 4.78 is 4.53. The van der Waals surface area contributed by atoms with Crippen LogP contribution in [0, 0.1) is 5.41 Å². The van der Waals surface area contributed by atoms with Gasteiger partial charge in [0.1, 0.15) is 0 Å². The third-order valence-electron chi connectivity index (χ3n) is 1.98. The van der Waals surface area contributed by atoms with Crippen LogP contribution in [0.15, 0.2) is 16.6 Å². The Kier molecular flexibility index (Phi) is 6.25. The van der Waals surface area contributed by atoms with Crippen LogP contribution in [-0.2, 0) is 9.53 Å². The zero-order chi connectivity index (χ0) is 11.8. The van der Waals surface area contributed by atoms with Crippen molar-refractivity contribution in [3.8, 4) is 0 Å². The Bertz CT molecular complexity index is 304. The molecule has 0 radical (unpaired) electrons. The van der Waals surface area contributed by atoms with Crippen LogP contribution in [0.5, 0.6) is 0 Å². The lowest BCUT2D eigenvalue weighted by atomic mass is 10.2. The van der Waals surface area contributed by atoms with Crippen LogP contribution in [0.25, 0.3) is 0 Å². The van der Waals surface area contributed by atoms with Gasteiger partial charge in [0, 0.05) is 0 Å². The molecular formula is C11H18N2O2. The third-order valence-corrected chi connectivity index (χ3v) is 1.98. The van der Waals surface area contributed by atoms with E-state index in [-0.39, 0.29) is 11.4 Å². The minimum Gasteiger partial charge on any atom is -0.464 e. The molecular weight excluding hydrogens is 192 g/mol. The van der Waals surface area contributed by atoms with Gasteiger partial charge in [-0.05, 0) is 20.3 Å². The molecule has 0 atom stereocenters. The zero-order valence-corrected chi connectivity index (χ0v) is 9.76. The average molecular weight is 210 g/mol. The monoisotopic (exact) mass is 210 g/mol. The summed E-state index contributed by atoms with van der Waals surface area (Å²) in [5.74, 6) is -0.551. The molecule has 0 bridgehead atoms. The summed E-state index contributed by atoms with van der Waals surface area (Å²) >= 11 is 0. The van der Waals surface area contributed by atoms with Crippen LogP contribution < -0.4 is 0 Å². The molecule has 0 amide bonds. The lowest BCUT2D eigenvalue weighted by molar-refractivity contribution is -0.132. The Hall–Kier alpha value is -1.45. The molecule has 0 fully saturated rings. The highest BCUT2D eigenvalue weighted by Gasteiger charge is 2.12. The van der Waals surface area contributed by atoms with Crippen molar-refractivity contribution >= 4 is 17.4 Å². The number of aliphatic imine (C=N–C) groups is 1. The second kappa shape index (κ2) is 6.92. The number of ether oxygens (including phenoxy) is 1. The minimum atomic E-state index is -0.551. The summed E-state index contributed by atoms with van der Waals surface area (Å²) in [6, 6.07) is 0. The Morgan fingerprint density at radius 1 is 1.47 bits per heavy atom. The molecule has 84 valence electrons. The lowest BCUT2D eigenvalue weighted by Gasteiger charge is -2.01. The zero-order valence-electron chi connectivity index (χ0n) is 9.76. The number of allylic oxidation sites excluding steroid dienone is 1. The largest absolute Gasteiger partial charge is 0.464 e. The quantitative estimate of drug-likeness (QED) is 0.428. The van der Waals surface area contributed by atoms with Crippen LogP contribution in [0.1, 0.15) is 27.2 Å². The second-order valence-electron chi connectivity index (χ2n) is 3.21. The minimum absolute atomic E-state index is 0.0950. The van der Waals surface area contributed by atoms with Gasteiger partial charge in [-0.25, -0.2) is 4.79 Å². The Morgan fingerprint density at radius 2 is 2.07 bits per heavy atom. The molecule has 0 rings (SSSR count). The maximum atomic E-state index is 11.2. The molecule has 0 aliphatic rings. The fourth-order valence-corrected chi connectivity index (χ4v) is 0.870. The molecule has 1 N–H and O–H groups in total. The fraction of sp³-hybridized carbons (Fsp3) is 0.545. The first-order chi connectivity index (χ1) is 7.02. The summed E-state index contributed by atoms with van der Waals surface area (Å²) in [5, 5.41) is 7.36. The van der Waals surface area contributed by atoms with E-state index in [0.717, 1.165) is 6.42 Å². The summed E-state index contributed by atoms with van der Waals surface area (Å²) in [6.45, 7) is 6.00. The van der Waals surface area contributed by atoms with Crippen LogP contribution in [0.3, 0.4) is 0 Å². The maximum Gasteiger partial charge on any atom is 0.358 e. The molecule has 4 nitrogen and oxygen atoms in total. The normalized spacial score (nSPS) is 12.5. The van der Waals surface area contributed by atoms with Crippen molar-refractivity contribution in [2.75, 3.05) is 13.7 Å². The van der Waals surface area contributed by atoms with Gasteiger partial charge in [0.25, 0.3) is 0 Å². The van der Waals surface area contributed by atoms with E-state index in [0.29, 0.717) is 6.54 Å². The molecule has 0 aromatic rings. The van der Waals surface area contributed by atoms with E-state index in [1.165, 1.54) is 19.6 Å². The molecule has 0 saturated carbocycles. The van der Waals surface area contributed by atoms with E-state index >= 15 is 0 Å². The number of rotatable bonds is 5. The van der Waals surface area contributed by atoms with E-state index in [2.05, 4.69) is 16.7 Å². The van der Waals surface area contributed by atoms with Gasteiger partial charge in [-0.1, -0.05) is 18.6 Å². The smallest absolute Gasteiger partial charge is 0.358 e. The van der Waals surface area contributed by atoms with Gasteiger partial charge >= 0.3 is 5.97 Å². The van der Waals surface area contributed by atoms with Crippen LogP contribution in [-0.4, -0.2) is 31.0 Å². The number of nitrogens with one attached hydrogen (secondary N) is 1. The van der Waals surface area contributed by atoms with Gasteiger partial charge in [-0.3, -0.25) is 4.99 Å². The van der Waals surface area contributed by atoms with Crippen LogP contribution in [0.2, 0.25) is 0 Å². The van der Waals surface area contributed by atoms with E-state index in [4.69, 9.17) is 5.41 Å². The molecule has 4 heteroatoms. The number of methoxy groups -OCH3 is 1. The third kappa shape index (κ3) is 5.10. The first-order valence-electron chi connectivity index (χ1n) is 4.86. The van der Waals surface area contributed by atoms with Crippen molar-refractivity contribution in [1.29, 1.82) is 5.41 Å². The lowest BCUT2D eigenvalue weighted by Crippen LogP contribution is -2.23. The van der Waals surface area contributed by atoms with Gasteiger partial charge in [0.15, 0.2) is 5.71 Å². The Morgan fingerprint density at radius 3 is 2.47 bits per heavy atom. The highest BCUT2D eigenvalue weighted by molar-refractivity contribution is 6.64. The van der Waals surface area contributed by atoms with Crippen LogP contribution >= 0.6 is 0 Å². The first kappa shape index (κ1) is 13.5. The fourth-order valence-electron chi connectivity index (χ4n) is 0.870. The first-order valence-corrected chi connectivity index (χ1v) is 4.86. The SMILES string of the molecule is CCC(C)=CCN=C(C(C)=N)C(=O)OC. The second-order valence-corrected chi connectivity index (χ2v) is 3.21. The molecule has 0 aromatic heterocycles. The molecule has 0 spiro atoms. The van der Waals surface area contributed by atoms with Crippen molar-refractivity contribution in [2.24, 2.45) is 4.99 Å². The summed E-state index contributed by atoms with van der Waals surface area (Å²) in [6.07, 6.45) is 2.90. The average Bonchev–Trinajstić information content (AvgIpc) is 2.22. The van der Waals surface area contributed by atoms with E-state index in [1.807, 2.05) is 13.0 Å². The van der Waals surface area contributed by atoms with E-state index < -0.39 is 5.97 Å².